The first-order valence-electron chi connectivity index (χ1n) is 9.80. The first-order valence-corrected chi connectivity index (χ1v) is 11.4. The summed E-state index contributed by atoms with van der Waals surface area (Å²) in [6, 6.07) is 21.9. The van der Waals surface area contributed by atoms with E-state index in [9.17, 15) is 4.79 Å². The number of hydrogen-bond donors (Lipinski definition) is 1. The van der Waals surface area contributed by atoms with Crippen LogP contribution < -0.4 is 10.1 Å². The molecule has 1 aliphatic rings. The fourth-order valence-electron chi connectivity index (χ4n) is 2.97. The molecule has 3 aromatic carbocycles. The lowest BCUT2D eigenvalue weighted by Crippen LogP contribution is -2.19. The molecule has 0 bridgehead atoms. The van der Waals surface area contributed by atoms with Crippen molar-refractivity contribution in [2.45, 2.75) is 20.5 Å². The smallest absolute Gasteiger partial charge is 0.264 e. The van der Waals surface area contributed by atoms with Crippen molar-refractivity contribution in [3.63, 3.8) is 0 Å². The predicted molar refractivity (Wildman–Crippen MR) is 132 cm³/mol. The minimum absolute atomic E-state index is 0.166. The molecular weight excluding hydrogens is 472 g/mol. The third-order valence-electron chi connectivity index (χ3n) is 4.69. The molecule has 1 aliphatic heterocycles. The summed E-state index contributed by atoms with van der Waals surface area (Å²) in [5.41, 5.74) is 5.10. The van der Waals surface area contributed by atoms with Crippen LogP contribution in [-0.4, -0.2) is 11.1 Å². The summed E-state index contributed by atoms with van der Waals surface area (Å²) in [6.45, 7) is 4.54. The van der Waals surface area contributed by atoms with Crippen molar-refractivity contribution in [3.8, 4) is 5.75 Å². The molecular formula is C25H21BrN2O2S. The summed E-state index contributed by atoms with van der Waals surface area (Å²) in [5, 5.41) is 3.40. The molecule has 4 rings (SSSR count). The van der Waals surface area contributed by atoms with Crippen LogP contribution in [0, 0.1) is 13.8 Å². The molecule has 1 fully saturated rings. The van der Waals surface area contributed by atoms with Crippen molar-refractivity contribution < 1.29 is 9.53 Å². The van der Waals surface area contributed by atoms with Crippen LogP contribution >= 0.6 is 27.7 Å². The second kappa shape index (κ2) is 9.54. The van der Waals surface area contributed by atoms with Crippen LogP contribution in [0.4, 0.5) is 5.69 Å². The Kier molecular flexibility index (Phi) is 6.59. The van der Waals surface area contributed by atoms with Crippen LogP contribution in [0.5, 0.6) is 5.75 Å². The SMILES string of the molecule is Cc1ccc(COc2ccc(Br)cc2/C=C2\SC(=Nc3ccc(C)cc3)NC2=O)cc1. The quantitative estimate of drug-likeness (QED) is 0.411. The first kappa shape index (κ1) is 21.4. The van der Waals surface area contributed by atoms with E-state index in [4.69, 9.17) is 4.74 Å². The number of halogens is 1. The molecule has 4 nitrogen and oxygen atoms in total. The lowest BCUT2D eigenvalue weighted by Gasteiger charge is -2.10. The lowest BCUT2D eigenvalue weighted by molar-refractivity contribution is -0.115. The number of amidine groups is 1. The Balaban J connectivity index is 1.54. The number of nitrogens with zero attached hydrogens (tertiary/aromatic N) is 1. The largest absolute Gasteiger partial charge is 0.488 e. The van der Waals surface area contributed by atoms with E-state index in [2.05, 4.69) is 57.4 Å². The topological polar surface area (TPSA) is 50.7 Å². The number of benzene rings is 3. The van der Waals surface area contributed by atoms with Gasteiger partial charge in [-0.15, -0.1) is 0 Å². The summed E-state index contributed by atoms with van der Waals surface area (Å²) in [6.07, 6.45) is 1.84. The molecule has 1 heterocycles. The molecule has 0 radical (unpaired) electrons. The molecule has 0 aliphatic carbocycles. The Bertz CT molecular complexity index is 1170. The Morgan fingerprint density at radius 1 is 1.00 bits per heavy atom. The number of hydrogen-bond acceptors (Lipinski definition) is 4. The Hall–Kier alpha value is -2.83. The molecule has 1 amide bonds. The highest BCUT2D eigenvalue weighted by atomic mass is 79.9. The molecule has 1 saturated heterocycles. The van der Waals surface area contributed by atoms with Gasteiger partial charge >= 0.3 is 0 Å². The number of aliphatic imine (C=N–C) groups is 1. The maximum Gasteiger partial charge on any atom is 0.264 e. The maximum atomic E-state index is 12.5. The van der Waals surface area contributed by atoms with Gasteiger partial charge in [0.25, 0.3) is 5.91 Å². The zero-order chi connectivity index (χ0) is 21.8. The van der Waals surface area contributed by atoms with Gasteiger partial charge in [-0.05, 0) is 67.6 Å². The summed E-state index contributed by atoms with van der Waals surface area (Å²) in [5.74, 6) is 0.550. The van der Waals surface area contributed by atoms with E-state index in [1.807, 2.05) is 55.5 Å². The van der Waals surface area contributed by atoms with Gasteiger partial charge in [0.15, 0.2) is 5.17 Å². The van der Waals surface area contributed by atoms with Crippen LogP contribution in [0.1, 0.15) is 22.3 Å². The van der Waals surface area contributed by atoms with Gasteiger partial charge in [0.1, 0.15) is 12.4 Å². The van der Waals surface area contributed by atoms with E-state index in [-0.39, 0.29) is 5.91 Å². The van der Waals surface area contributed by atoms with Crippen LogP contribution in [0.25, 0.3) is 6.08 Å². The van der Waals surface area contributed by atoms with Crippen LogP contribution in [0.2, 0.25) is 0 Å². The van der Waals surface area contributed by atoms with Gasteiger partial charge < -0.3 is 10.1 Å². The number of rotatable bonds is 5. The number of thioether (sulfide) groups is 1. The highest BCUT2D eigenvalue weighted by molar-refractivity contribution is 9.10. The molecule has 0 spiro atoms. The van der Waals surface area contributed by atoms with Crippen LogP contribution in [-0.2, 0) is 11.4 Å². The van der Waals surface area contributed by atoms with Gasteiger partial charge in [0.2, 0.25) is 0 Å². The number of carbonyl (C=O) groups is 1. The third kappa shape index (κ3) is 5.66. The van der Waals surface area contributed by atoms with Gasteiger partial charge in [0, 0.05) is 10.0 Å². The molecule has 0 aromatic heterocycles. The molecule has 3 aromatic rings. The minimum Gasteiger partial charge on any atom is -0.488 e. The van der Waals surface area contributed by atoms with Gasteiger partial charge in [-0.2, -0.15) is 0 Å². The summed E-state index contributed by atoms with van der Waals surface area (Å²) in [7, 11) is 0. The molecule has 0 atom stereocenters. The van der Waals surface area contributed by atoms with Crippen LogP contribution in [0.15, 0.2) is 81.1 Å². The highest BCUT2D eigenvalue weighted by Gasteiger charge is 2.24. The monoisotopic (exact) mass is 492 g/mol. The maximum absolute atomic E-state index is 12.5. The molecule has 31 heavy (non-hydrogen) atoms. The van der Waals surface area contributed by atoms with Crippen molar-refractivity contribution in [1.29, 1.82) is 0 Å². The second-order valence-corrected chi connectivity index (χ2v) is 9.22. The van der Waals surface area contributed by atoms with E-state index in [1.165, 1.54) is 22.9 Å². The zero-order valence-corrected chi connectivity index (χ0v) is 19.6. The van der Waals surface area contributed by atoms with Crippen molar-refractivity contribution in [1.82, 2.24) is 5.32 Å². The van der Waals surface area contributed by atoms with Gasteiger partial charge in [0.05, 0.1) is 10.6 Å². The second-order valence-electron chi connectivity index (χ2n) is 7.27. The first-order chi connectivity index (χ1) is 15.0. The lowest BCUT2D eigenvalue weighted by atomic mass is 10.1. The Morgan fingerprint density at radius 3 is 2.39 bits per heavy atom. The van der Waals surface area contributed by atoms with Gasteiger partial charge in [-0.1, -0.05) is 63.5 Å². The van der Waals surface area contributed by atoms with E-state index < -0.39 is 0 Å². The average molecular weight is 493 g/mol. The van der Waals surface area contributed by atoms with Gasteiger partial charge in [-0.3, -0.25) is 4.79 Å². The summed E-state index contributed by atoms with van der Waals surface area (Å²) < 4.78 is 6.98. The average Bonchev–Trinajstić information content (AvgIpc) is 3.09. The van der Waals surface area contributed by atoms with Crippen molar-refractivity contribution in [3.05, 3.63) is 98.4 Å². The van der Waals surface area contributed by atoms with Crippen molar-refractivity contribution >= 4 is 50.5 Å². The standard InChI is InChI=1S/C25H21BrN2O2S/c1-16-3-7-18(8-4-16)15-30-22-12-9-20(26)13-19(22)14-23-24(29)28-25(31-23)27-21-10-5-17(2)6-11-21/h3-14H,15H2,1-2H3,(H,27,28,29)/b23-14-. The van der Waals surface area contributed by atoms with Crippen molar-refractivity contribution in [2.75, 3.05) is 0 Å². The minimum atomic E-state index is -0.166. The van der Waals surface area contributed by atoms with E-state index >= 15 is 0 Å². The molecule has 0 saturated carbocycles. The predicted octanol–water partition coefficient (Wildman–Crippen LogP) is 6.54. The Labute approximate surface area is 194 Å². The number of ether oxygens (including phenoxy) is 1. The summed E-state index contributed by atoms with van der Waals surface area (Å²) in [4.78, 5) is 17.6. The van der Waals surface area contributed by atoms with Crippen molar-refractivity contribution in [2.24, 2.45) is 4.99 Å². The molecule has 0 unspecified atom stereocenters. The third-order valence-corrected chi connectivity index (χ3v) is 6.09. The molecule has 156 valence electrons. The number of carbonyl (C=O) groups excluding carboxylic acids is 1. The fourth-order valence-corrected chi connectivity index (χ4v) is 4.18. The number of amides is 1. The highest BCUT2D eigenvalue weighted by Crippen LogP contribution is 2.32. The molecule has 6 heteroatoms. The summed E-state index contributed by atoms with van der Waals surface area (Å²) >= 11 is 4.83. The fraction of sp³-hybridized carbons (Fsp3) is 0.120. The van der Waals surface area contributed by atoms with Gasteiger partial charge in [-0.25, -0.2) is 4.99 Å². The zero-order valence-electron chi connectivity index (χ0n) is 17.2. The molecule has 1 N–H and O–H groups in total. The normalized spacial score (nSPS) is 16.0. The number of aryl methyl sites for hydroxylation is 2. The number of nitrogens with one attached hydrogen (secondary N) is 1. The van der Waals surface area contributed by atoms with E-state index in [1.54, 1.807) is 0 Å². The van der Waals surface area contributed by atoms with Crippen LogP contribution in [0.3, 0.4) is 0 Å². The van der Waals surface area contributed by atoms with E-state index in [0.29, 0.717) is 22.4 Å². The van der Waals surface area contributed by atoms with E-state index in [0.717, 1.165) is 21.3 Å². The Morgan fingerprint density at radius 2 is 1.68 bits per heavy atom.